The molecule has 1 N–H and O–H groups in total. The van der Waals surface area contributed by atoms with Crippen LogP contribution in [0.5, 0.6) is 17.4 Å². The first-order chi connectivity index (χ1) is 17.0. The number of hydrogen-bond donors (Lipinski definition) is 1. The third-order valence-corrected chi connectivity index (χ3v) is 5.93. The van der Waals surface area contributed by atoms with Gasteiger partial charge in [0.05, 0.1) is 25.4 Å². The number of aryl methyl sites for hydroxylation is 1. The number of terminal acetylenes is 1. The van der Waals surface area contributed by atoms with Crippen molar-refractivity contribution in [3.63, 3.8) is 0 Å². The molecule has 0 unspecified atom stereocenters. The molecule has 0 aliphatic carbocycles. The van der Waals surface area contributed by atoms with E-state index in [1.54, 1.807) is 11.8 Å². The Morgan fingerprint density at radius 3 is 2.43 bits per heavy atom. The predicted molar refractivity (Wildman–Crippen MR) is 138 cm³/mol. The number of rotatable bonds is 13. The molecule has 7 heteroatoms. The summed E-state index contributed by atoms with van der Waals surface area (Å²) in [5.74, 6) is 4.54. The smallest absolute Gasteiger partial charge is 0.222 e. The second kappa shape index (κ2) is 13.0. The molecule has 2 aromatic carbocycles. The van der Waals surface area contributed by atoms with Gasteiger partial charge in [-0.3, -0.25) is 4.90 Å². The van der Waals surface area contributed by atoms with Gasteiger partial charge in [-0.2, -0.15) is 5.10 Å². The number of nitrogens with zero attached hydrogens (tertiary/aromatic N) is 3. The van der Waals surface area contributed by atoms with Crippen molar-refractivity contribution >= 4 is 0 Å². The Morgan fingerprint density at radius 2 is 1.80 bits per heavy atom. The number of aromatic nitrogens is 2. The number of hydrogen-bond acceptors (Lipinski definition) is 6. The molecule has 35 heavy (non-hydrogen) atoms. The normalized spacial score (nSPS) is 12.8. The molecule has 0 saturated carbocycles. The highest BCUT2D eigenvalue weighted by Crippen LogP contribution is 2.35. The minimum Gasteiger partial charge on any atom is -0.497 e. The van der Waals surface area contributed by atoms with Gasteiger partial charge < -0.3 is 19.3 Å². The van der Waals surface area contributed by atoms with Crippen LogP contribution < -0.4 is 9.47 Å². The fraction of sp³-hybridized carbons (Fsp3) is 0.393. The van der Waals surface area contributed by atoms with Crippen molar-refractivity contribution in [1.29, 1.82) is 0 Å². The molecular formula is C28H35N3O4. The maximum Gasteiger partial charge on any atom is 0.222 e. The molecule has 1 aromatic heterocycles. The van der Waals surface area contributed by atoms with Gasteiger partial charge in [0.15, 0.2) is 0 Å². The Morgan fingerprint density at radius 1 is 1.11 bits per heavy atom. The van der Waals surface area contributed by atoms with Crippen molar-refractivity contribution in [3.05, 3.63) is 60.2 Å². The van der Waals surface area contributed by atoms with Crippen LogP contribution in [0.3, 0.4) is 0 Å². The quantitative estimate of drug-likeness (QED) is 0.289. The van der Waals surface area contributed by atoms with Crippen molar-refractivity contribution in [2.24, 2.45) is 7.05 Å². The van der Waals surface area contributed by atoms with E-state index >= 15 is 0 Å². The zero-order chi connectivity index (χ0) is 25.2. The van der Waals surface area contributed by atoms with Crippen molar-refractivity contribution in [2.45, 2.75) is 39.0 Å². The van der Waals surface area contributed by atoms with Crippen LogP contribution in [-0.4, -0.2) is 58.8 Å². The van der Waals surface area contributed by atoms with Gasteiger partial charge in [0.1, 0.15) is 23.8 Å². The van der Waals surface area contributed by atoms with Gasteiger partial charge >= 0.3 is 0 Å². The van der Waals surface area contributed by atoms with Crippen LogP contribution in [0.4, 0.5) is 0 Å². The summed E-state index contributed by atoms with van der Waals surface area (Å²) in [6.07, 6.45) is 5.52. The van der Waals surface area contributed by atoms with Crippen molar-refractivity contribution < 1.29 is 19.3 Å². The number of ether oxygens (including phenoxy) is 3. The van der Waals surface area contributed by atoms with Crippen LogP contribution in [-0.2, 0) is 18.3 Å². The summed E-state index contributed by atoms with van der Waals surface area (Å²) in [6, 6.07) is 17.7. The largest absolute Gasteiger partial charge is 0.497 e. The summed E-state index contributed by atoms with van der Waals surface area (Å²) in [6.45, 7) is 5.63. The molecule has 3 aromatic rings. The van der Waals surface area contributed by atoms with Crippen LogP contribution in [0.2, 0.25) is 0 Å². The fourth-order valence-electron chi connectivity index (χ4n) is 3.84. The lowest BCUT2D eigenvalue weighted by Gasteiger charge is -2.30. The third-order valence-electron chi connectivity index (χ3n) is 5.93. The van der Waals surface area contributed by atoms with Crippen LogP contribution in [0, 0.1) is 12.3 Å². The zero-order valence-corrected chi connectivity index (χ0v) is 21.0. The monoisotopic (exact) mass is 477 g/mol. The standard InChI is InChI=1S/C28H35N3O4/c1-6-17-34-20-23(32)18-31(21(3)7-2)19-26-27(22-11-9-8-10-12-22)29-30(4)28(26)35-25-15-13-24(33-5)14-16-25/h1,8-16,21,23,32H,7,17-20H2,2-5H3/t21-,23-/m0/s1. The van der Waals surface area contributed by atoms with E-state index in [0.717, 1.165) is 29.0 Å². The molecule has 7 nitrogen and oxygen atoms in total. The molecule has 0 aliphatic heterocycles. The number of aliphatic hydroxyl groups is 1. The van der Waals surface area contributed by atoms with E-state index in [2.05, 4.69) is 24.7 Å². The summed E-state index contributed by atoms with van der Waals surface area (Å²) < 4.78 is 18.7. The second-order valence-electron chi connectivity index (χ2n) is 8.46. The summed E-state index contributed by atoms with van der Waals surface area (Å²) in [5.41, 5.74) is 2.80. The lowest BCUT2D eigenvalue weighted by atomic mass is 10.1. The molecule has 0 spiro atoms. The Labute approximate surface area is 208 Å². The van der Waals surface area contributed by atoms with Gasteiger partial charge in [-0.1, -0.05) is 43.2 Å². The molecular weight excluding hydrogens is 442 g/mol. The molecule has 0 bridgehead atoms. The summed E-state index contributed by atoms with van der Waals surface area (Å²) in [7, 11) is 3.52. The van der Waals surface area contributed by atoms with E-state index in [-0.39, 0.29) is 19.3 Å². The van der Waals surface area contributed by atoms with Gasteiger partial charge in [0, 0.05) is 31.7 Å². The van der Waals surface area contributed by atoms with Crippen LogP contribution in [0.25, 0.3) is 11.3 Å². The molecule has 186 valence electrons. The van der Waals surface area contributed by atoms with Crippen LogP contribution in [0.15, 0.2) is 54.6 Å². The van der Waals surface area contributed by atoms with E-state index in [1.807, 2.05) is 61.6 Å². The highest BCUT2D eigenvalue weighted by atomic mass is 16.5. The summed E-state index contributed by atoms with van der Waals surface area (Å²) in [4.78, 5) is 2.23. The minimum absolute atomic E-state index is 0.182. The average Bonchev–Trinajstić information content (AvgIpc) is 3.18. The van der Waals surface area contributed by atoms with Gasteiger partial charge in [-0.05, 0) is 37.6 Å². The van der Waals surface area contributed by atoms with Gasteiger partial charge in [-0.15, -0.1) is 6.42 Å². The molecule has 2 atom stereocenters. The van der Waals surface area contributed by atoms with Crippen LogP contribution in [0.1, 0.15) is 25.8 Å². The molecule has 0 amide bonds. The molecule has 1 heterocycles. The molecule has 0 fully saturated rings. The van der Waals surface area contributed by atoms with E-state index < -0.39 is 6.10 Å². The number of benzene rings is 2. The SMILES string of the molecule is C#CCOC[C@@H](O)CN(Cc1c(-c2ccccc2)nn(C)c1Oc1ccc(OC)cc1)[C@@H](C)CC. The van der Waals surface area contributed by atoms with E-state index in [1.165, 1.54) is 0 Å². The first-order valence-electron chi connectivity index (χ1n) is 11.8. The summed E-state index contributed by atoms with van der Waals surface area (Å²) in [5, 5.41) is 15.4. The van der Waals surface area contributed by atoms with Crippen LogP contribution >= 0.6 is 0 Å². The van der Waals surface area contributed by atoms with Gasteiger partial charge in [-0.25, -0.2) is 4.68 Å². The Kier molecular flexibility index (Phi) is 9.74. The number of aliphatic hydroxyl groups excluding tert-OH is 1. The molecule has 0 saturated heterocycles. The predicted octanol–water partition coefficient (Wildman–Crippen LogP) is 4.50. The van der Waals surface area contributed by atoms with E-state index in [0.29, 0.717) is 24.7 Å². The Balaban J connectivity index is 1.96. The Bertz CT molecular complexity index is 1090. The first-order valence-corrected chi connectivity index (χ1v) is 11.8. The third kappa shape index (κ3) is 7.09. The second-order valence-corrected chi connectivity index (χ2v) is 8.46. The lowest BCUT2D eigenvalue weighted by Crippen LogP contribution is -2.40. The topological polar surface area (TPSA) is 69.0 Å². The summed E-state index contributed by atoms with van der Waals surface area (Å²) >= 11 is 0. The number of methoxy groups -OCH3 is 1. The molecule has 3 rings (SSSR count). The highest BCUT2D eigenvalue weighted by Gasteiger charge is 2.25. The fourth-order valence-corrected chi connectivity index (χ4v) is 3.84. The molecule has 0 radical (unpaired) electrons. The lowest BCUT2D eigenvalue weighted by molar-refractivity contribution is 0.0169. The van der Waals surface area contributed by atoms with Crippen molar-refractivity contribution in [2.75, 3.05) is 26.9 Å². The zero-order valence-electron chi connectivity index (χ0n) is 21.0. The minimum atomic E-state index is -0.667. The van der Waals surface area contributed by atoms with Crippen molar-refractivity contribution in [3.8, 4) is 41.0 Å². The van der Waals surface area contributed by atoms with E-state index in [4.69, 9.17) is 25.7 Å². The van der Waals surface area contributed by atoms with Gasteiger partial charge in [0.2, 0.25) is 5.88 Å². The Hall–Kier alpha value is -3.31. The van der Waals surface area contributed by atoms with Gasteiger partial charge in [0.25, 0.3) is 0 Å². The molecule has 0 aliphatic rings. The van der Waals surface area contributed by atoms with E-state index in [9.17, 15) is 5.11 Å². The maximum atomic E-state index is 10.6. The first kappa shape index (κ1) is 26.3. The maximum absolute atomic E-state index is 10.6. The average molecular weight is 478 g/mol. The van der Waals surface area contributed by atoms with Crippen molar-refractivity contribution in [1.82, 2.24) is 14.7 Å². The highest BCUT2D eigenvalue weighted by molar-refractivity contribution is 5.65.